The SMILES string of the molecule is CCCNC(CC)CSCc1ccccc1C. The van der Waals surface area contributed by atoms with E-state index in [9.17, 15) is 0 Å². The Balaban J connectivity index is 2.28. The zero-order chi connectivity index (χ0) is 12.5. The molecule has 0 amide bonds. The number of hydrogen-bond donors (Lipinski definition) is 1. The molecule has 96 valence electrons. The minimum Gasteiger partial charge on any atom is -0.313 e. The van der Waals surface area contributed by atoms with Crippen molar-refractivity contribution in [1.82, 2.24) is 5.32 Å². The molecule has 0 aliphatic heterocycles. The number of hydrogen-bond acceptors (Lipinski definition) is 2. The summed E-state index contributed by atoms with van der Waals surface area (Å²) in [5.74, 6) is 2.35. The number of aryl methyl sites for hydroxylation is 1. The van der Waals surface area contributed by atoms with Crippen molar-refractivity contribution in [3.05, 3.63) is 35.4 Å². The van der Waals surface area contributed by atoms with Gasteiger partial charge in [-0.15, -0.1) is 0 Å². The van der Waals surface area contributed by atoms with Gasteiger partial charge in [-0.05, 0) is 37.4 Å². The quantitative estimate of drug-likeness (QED) is 0.749. The van der Waals surface area contributed by atoms with Gasteiger partial charge < -0.3 is 5.32 Å². The molecule has 1 rings (SSSR count). The van der Waals surface area contributed by atoms with E-state index in [1.54, 1.807) is 0 Å². The molecule has 0 radical (unpaired) electrons. The third kappa shape index (κ3) is 5.60. The first-order chi connectivity index (χ1) is 8.27. The van der Waals surface area contributed by atoms with Crippen molar-refractivity contribution in [3.63, 3.8) is 0 Å². The summed E-state index contributed by atoms with van der Waals surface area (Å²) in [5, 5.41) is 3.60. The topological polar surface area (TPSA) is 12.0 Å². The number of thioether (sulfide) groups is 1. The van der Waals surface area contributed by atoms with E-state index in [2.05, 4.69) is 50.4 Å². The summed E-state index contributed by atoms with van der Waals surface area (Å²) in [6.45, 7) is 7.83. The third-order valence-corrected chi connectivity index (χ3v) is 4.17. The average molecular weight is 251 g/mol. The molecule has 1 unspecified atom stereocenters. The number of nitrogens with one attached hydrogen (secondary N) is 1. The molecule has 2 heteroatoms. The first-order valence-electron chi connectivity index (χ1n) is 6.63. The van der Waals surface area contributed by atoms with Gasteiger partial charge in [-0.25, -0.2) is 0 Å². The highest BCUT2D eigenvalue weighted by Gasteiger charge is 2.05. The molecule has 0 aliphatic carbocycles. The molecule has 0 saturated heterocycles. The molecule has 0 fully saturated rings. The van der Waals surface area contributed by atoms with Crippen LogP contribution in [0.5, 0.6) is 0 Å². The standard InChI is InChI=1S/C15H25NS/c1-4-10-16-15(5-2)12-17-11-14-9-7-6-8-13(14)3/h6-9,15-16H,4-5,10-12H2,1-3H3. The maximum atomic E-state index is 3.60. The molecule has 1 atom stereocenters. The first kappa shape index (κ1) is 14.6. The van der Waals surface area contributed by atoms with E-state index in [1.807, 2.05) is 11.8 Å². The maximum Gasteiger partial charge on any atom is 0.0187 e. The van der Waals surface area contributed by atoms with Crippen molar-refractivity contribution in [1.29, 1.82) is 0 Å². The van der Waals surface area contributed by atoms with Gasteiger partial charge in [0.2, 0.25) is 0 Å². The Hall–Kier alpha value is -0.470. The van der Waals surface area contributed by atoms with Crippen LogP contribution >= 0.6 is 11.8 Å². The van der Waals surface area contributed by atoms with E-state index < -0.39 is 0 Å². The van der Waals surface area contributed by atoms with E-state index in [0.717, 1.165) is 12.3 Å². The molecule has 0 bridgehead atoms. The predicted molar refractivity (Wildman–Crippen MR) is 79.7 cm³/mol. The van der Waals surface area contributed by atoms with Crippen molar-refractivity contribution >= 4 is 11.8 Å². The van der Waals surface area contributed by atoms with Gasteiger partial charge in [0.1, 0.15) is 0 Å². The van der Waals surface area contributed by atoms with Gasteiger partial charge >= 0.3 is 0 Å². The minimum atomic E-state index is 0.670. The van der Waals surface area contributed by atoms with Crippen LogP contribution in [0.15, 0.2) is 24.3 Å². The van der Waals surface area contributed by atoms with Crippen LogP contribution in [-0.4, -0.2) is 18.3 Å². The summed E-state index contributed by atoms with van der Waals surface area (Å²) in [6.07, 6.45) is 2.44. The largest absolute Gasteiger partial charge is 0.313 e. The Bertz CT molecular complexity index is 312. The van der Waals surface area contributed by atoms with Crippen LogP contribution in [0.1, 0.15) is 37.8 Å². The average Bonchev–Trinajstić information content (AvgIpc) is 2.35. The Morgan fingerprint density at radius 3 is 2.65 bits per heavy atom. The second-order valence-corrected chi connectivity index (χ2v) is 5.53. The summed E-state index contributed by atoms with van der Waals surface area (Å²) >= 11 is 2.04. The van der Waals surface area contributed by atoms with Gasteiger partial charge in [0.05, 0.1) is 0 Å². The summed E-state index contributed by atoms with van der Waals surface area (Å²) in [6, 6.07) is 9.35. The maximum absolute atomic E-state index is 3.60. The molecular weight excluding hydrogens is 226 g/mol. The lowest BCUT2D eigenvalue weighted by Gasteiger charge is -2.16. The Morgan fingerprint density at radius 1 is 1.24 bits per heavy atom. The van der Waals surface area contributed by atoms with Crippen LogP contribution in [0, 0.1) is 6.92 Å². The van der Waals surface area contributed by atoms with Gasteiger partial charge in [-0.3, -0.25) is 0 Å². The van der Waals surface area contributed by atoms with E-state index >= 15 is 0 Å². The molecule has 1 aromatic carbocycles. The summed E-state index contributed by atoms with van der Waals surface area (Å²) in [4.78, 5) is 0. The normalized spacial score (nSPS) is 12.6. The fraction of sp³-hybridized carbons (Fsp3) is 0.600. The number of benzene rings is 1. The van der Waals surface area contributed by atoms with E-state index in [4.69, 9.17) is 0 Å². The Kier molecular flexibility index (Phi) is 7.38. The fourth-order valence-electron chi connectivity index (χ4n) is 1.75. The summed E-state index contributed by atoms with van der Waals surface area (Å²) in [5.41, 5.74) is 2.89. The fourth-order valence-corrected chi connectivity index (χ4v) is 3.05. The van der Waals surface area contributed by atoms with Crippen molar-refractivity contribution in [2.24, 2.45) is 0 Å². The summed E-state index contributed by atoms with van der Waals surface area (Å²) in [7, 11) is 0. The third-order valence-electron chi connectivity index (χ3n) is 3.01. The highest BCUT2D eigenvalue weighted by molar-refractivity contribution is 7.98. The van der Waals surface area contributed by atoms with Gasteiger partial charge in [0.25, 0.3) is 0 Å². The van der Waals surface area contributed by atoms with Crippen LogP contribution in [0.3, 0.4) is 0 Å². The molecule has 0 saturated carbocycles. The molecule has 1 N–H and O–H groups in total. The molecule has 0 heterocycles. The smallest absolute Gasteiger partial charge is 0.0187 e. The van der Waals surface area contributed by atoms with Crippen molar-refractivity contribution in [3.8, 4) is 0 Å². The summed E-state index contributed by atoms with van der Waals surface area (Å²) < 4.78 is 0. The number of rotatable bonds is 8. The molecule has 1 nitrogen and oxygen atoms in total. The molecule has 0 spiro atoms. The zero-order valence-corrected chi connectivity index (χ0v) is 12.1. The monoisotopic (exact) mass is 251 g/mol. The molecule has 1 aromatic rings. The van der Waals surface area contributed by atoms with E-state index in [0.29, 0.717) is 6.04 Å². The Morgan fingerprint density at radius 2 is 2.00 bits per heavy atom. The van der Waals surface area contributed by atoms with Crippen molar-refractivity contribution in [2.45, 2.75) is 45.4 Å². The van der Waals surface area contributed by atoms with Crippen molar-refractivity contribution < 1.29 is 0 Å². The second-order valence-electron chi connectivity index (χ2n) is 4.50. The van der Waals surface area contributed by atoms with Crippen molar-refractivity contribution in [2.75, 3.05) is 12.3 Å². The van der Waals surface area contributed by atoms with Crippen LogP contribution in [0.2, 0.25) is 0 Å². The molecular formula is C15H25NS. The highest BCUT2D eigenvalue weighted by Crippen LogP contribution is 2.17. The highest BCUT2D eigenvalue weighted by atomic mass is 32.2. The second kappa shape index (κ2) is 8.60. The first-order valence-corrected chi connectivity index (χ1v) is 7.79. The Labute approximate surface area is 110 Å². The minimum absolute atomic E-state index is 0.670. The van der Waals surface area contributed by atoms with Gasteiger partial charge in [0.15, 0.2) is 0 Å². The van der Waals surface area contributed by atoms with Crippen LogP contribution < -0.4 is 5.32 Å². The predicted octanol–water partition coefficient (Wildman–Crippen LogP) is 4.01. The van der Waals surface area contributed by atoms with Gasteiger partial charge in [0, 0.05) is 17.5 Å². The lowest BCUT2D eigenvalue weighted by atomic mass is 10.1. The molecule has 17 heavy (non-hydrogen) atoms. The van der Waals surface area contributed by atoms with Gasteiger partial charge in [-0.2, -0.15) is 11.8 Å². The van der Waals surface area contributed by atoms with Crippen LogP contribution in [-0.2, 0) is 5.75 Å². The van der Waals surface area contributed by atoms with E-state index in [1.165, 1.54) is 29.7 Å². The lowest BCUT2D eigenvalue weighted by Crippen LogP contribution is -2.31. The van der Waals surface area contributed by atoms with Crippen LogP contribution in [0.4, 0.5) is 0 Å². The van der Waals surface area contributed by atoms with E-state index in [-0.39, 0.29) is 0 Å². The molecule has 0 aliphatic rings. The lowest BCUT2D eigenvalue weighted by molar-refractivity contribution is 0.539. The zero-order valence-electron chi connectivity index (χ0n) is 11.3. The van der Waals surface area contributed by atoms with Gasteiger partial charge in [-0.1, -0.05) is 38.1 Å². The molecule has 0 aromatic heterocycles. The van der Waals surface area contributed by atoms with Crippen LogP contribution in [0.25, 0.3) is 0 Å².